The molecule has 33 heavy (non-hydrogen) atoms. The Hall–Kier alpha value is -3.81. The topological polar surface area (TPSA) is 61.1 Å². The van der Waals surface area contributed by atoms with E-state index >= 15 is 0 Å². The second-order valence-electron chi connectivity index (χ2n) is 8.47. The van der Waals surface area contributed by atoms with Crippen molar-refractivity contribution in [1.29, 1.82) is 0 Å². The number of aromatic nitrogens is 2. The van der Waals surface area contributed by atoms with Crippen molar-refractivity contribution in [3.05, 3.63) is 77.1 Å². The molecule has 1 unspecified atom stereocenters. The number of rotatable bonds is 3. The van der Waals surface area contributed by atoms with Gasteiger partial charge in [-0.2, -0.15) is 0 Å². The first-order valence-corrected chi connectivity index (χ1v) is 10.9. The maximum Gasteiger partial charge on any atom is 0.277 e. The van der Waals surface area contributed by atoms with Crippen LogP contribution in [0.4, 0.5) is 4.39 Å². The Labute approximate surface area is 190 Å². The molecule has 6 rings (SSSR count). The predicted octanol–water partition coefficient (Wildman–Crippen LogP) is 4.40. The summed E-state index contributed by atoms with van der Waals surface area (Å²) in [6, 6.07) is 10.9. The Morgan fingerprint density at radius 2 is 2.15 bits per heavy atom. The lowest BCUT2D eigenvalue weighted by Crippen LogP contribution is -2.50. The zero-order chi connectivity index (χ0) is 22.6. The minimum Gasteiger partial charge on any atom is -0.495 e. The Morgan fingerprint density at radius 3 is 2.97 bits per heavy atom. The molecule has 0 aliphatic carbocycles. The average molecular weight is 446 g/mol. The molecule has 1 atom stereocenters. The van der Waals surface area contributed by atoms with Gasteiger partial charge in [-0.1, -0.05) is 17.3 Å². The molecular formula is C25H23FN4O3. The summed E-state index contributed by atoms with van der Waals surface area (Å²) in [5, 5.41) is 4.41. The number of benzene rings is 2. The minimum absolute atomic E-state index is 0.205. The zero-order valence-corrected chi connectivity index (χ0v) is 18.4. The van der Waals surface area contributed by atoms with E-state index in [9.17, 15) is 4.39 Å². The van der Waals surface area contributed by atoms with Crippen LogP contribution in [0.2, 0.25) is 0 Å². The minimum atomic E-state index is -1.05. The fraction of sp³-hybridized carbons (Fsp3) is 0.280. The molecule has 0 amide bonds. The first-order chi connectivity index (χ1) is 16.1. The molecule has 168 valence electrons. The summed E-state index contributed by atoms with van der Waals surface area (Å²) in [7, 11) is 1.66. The predicted molar refractivity (Wildman–Crippen MR) is 121 cm³/mol. The van der Waals surface area contributed by atoms with Crippen LogP contribution in [0.5, 0.6) is 11.5 Å². The van der Waals surface area contributed by atoms with E-state index in [1.807, 2.05) is 40.8 Å². The van der Waals surface area contributed by atoms with Crippen LogP contribution in [-0.2, 0) is 10.6 Å². The maximum absolute atomic E-state index is 14.8. The van der Waals surface area contributed by atoms with Crippen molar-refractivity contribution >= 4 is 11.9 Å². The summed E-state index contributed by atoms with van der Waals surface area (Å²) >= 11 is 0. The van der Waals surface area contributed by atoms with Gasteiger partial charge in [0.25, 0.3) is 5.72 Å². The molecule has 0 saturated carbocycles. The quantitative estimate of drug-likeness (QED) is 0.597. The SMILES string of the molecule is COc1cc(/C=C2\CCCN3C2=NOC32COc3cccc(F)c32)ccc1-n1cnc(C)c1. The molecule has 3 aliphatic rings. The summed E-state index contributed by atoms with van der Waals surface area (Å²) in [6.07, 6.45) is 7.58. The van der Waals surface area contributed by atoms with E-state index in [2.05, 4.69) is 16.2 Å². The fourth-order valence-corrected chi connectivity index (χ4v) is 4.87. The molecule has 1 saturated heterocycles. The van der Waals surface area contributed by atoms with E-state index < -0.39 is 5.72 Å². The number of aryl methyl sites for hydroxylation is 1. The Morgan fingerprint density at radius 1 is 1.24 bits per heavy atom. The Bertz CT molecular complexity index is 1310. The van der Waals surface area contributed by atoms with Gasteiger partial charge >= 0.3 is 0 Å². The van der Waals surface area contributed by atoms with Gasteiger partial charge in [0.2, 0.25) is 0 Å². The molecule has 0 bridgehead atoms. The third-order valence-electron chi connectivity index (χ3n) is 6.41. The smallest absolute Gasteiger partial charge is 0.277 e. The number of amidine groups is 1. The summed E-state index contributed by atoms with van der Waals surface area (Å²) in [5.41, 5.74) is 3.26. The van der Waals surface area contributed by atoms with E-state index in [-0.39, 0.29) is 12.4 Å². The first-order valence-electron chi connectivity index (χ1n) is 10.9. The number of halogens is 1. The van der Waals surface area contributed by atoms with Gasteiger partial charge in [0, 0.05) is 12.7 Å². The number of ether oxygens (including phenoxy) is 2. The number of methoxy groups -OCH3 is 1. The average Bonchev–Trinajstić information content (AvgIpc) is 3.53. The standard InChI is InChI=1S/C25H23FN4O3/c1-16-13-29(15-27-16)20-9-8-17(12-22(20)31-2)11-18-5-4-10-30-24(18)28-33-25(30)14-32-21-7-3-6-19(26)23(21)25/h3,6-9,11-13,15H,4-5,10,14H2,1-2H3/b18-11+. The maximum atomic E-state index is 14.8. The molecule has 0 N–H and O–H groups in total. The highest BCUT2D eigenvalue weighted by molar-refractivity contribution is 6.03. The second kappa shape index (κ2) is 7.37. The highest BCUT2D eigenvalue weighted by Gasteiger charge is 2.56. The van der Waals surface area contributed by atoms with Crippen LogP contribution in [-0.4, -0.2) is 40.5 Å². The van der Waals surface area contributed by atoms with Crippen LogP contribution in [0.25, 0.3) is 11.8 Å². The summed E-state index contributed by atoms with van der Waals surface area (Å²) < 4.78 is 28.2. The first kappa shape index (κ1) is 19.8. The van der Waals surface area contributed by atoms with Crippen LogP contribution in [0.1, 0.15) is 29.7 Å². The number of hydrogen-bond acceptors (Lipinski definition) is 6. The number of piperidine rings is 1. The fourth-order valence-electron chi connectivity index (χ4n) is 4.87. The zero-order valence-electron chi connectivity index (χ0n) is 18.4. The normalized spacial score (nSPS) is 22.1. The van der Waals surface area contributed by atoms with Crippen molar-refractivity contribution in [3.63, 3.8) is 0 Å². The van der Waals surface area contributed by atoms with Crippen LogP contribution in [0.3, 0.4) is 0 Å². The van der Waals surface area contributed by atoms with Crippen LogP contribution >= 0.6 is 0 Å². The number of oxime groups is 1. The number of fused-ring (bicyclic) bond motifs is 4. The van der Waals surface area contributed by atoms with E-state index in [1.54, 1.807) is 25.6 Å². The summed E-state index contributed by atoms with van der Waals surface area (Å²) in [4.78, 5) is 12.3. The van der Waals surface area contributed by atoms with Gasteiger partial charge in [-0.15, -0.1) is 0 Å². The number of nitrogens with zero attached hydrogens (tertiary/aromatic N) is 4. The Kier molecular flexibility index (Phi) is 4.43. The number of imidazole rings is 1. The number of hydrogen-bond donors (Lipinski definition) is 0. The molecule has 0 radical (unpaired) electrons. The summed E-state index contributed by atoms with van der Waals surface area (Å²) in [5.74, 6) is 1.65. The molecule has 1 aromatic heterocycles. The summed E-state index contributed by atoms with van der Waals surface area (Å²) in [6.45, 7) is 2.87. The van der Waals surface area contributed by atoms with Crippen LogP contribution < -0.4 is 9.47 Å². The van der Waals surface area contributed by atoms with Gasteiger partial charge in [-0.25, -0.2) is 9.37 Å². The Balaban J connectivity index is 1.34. The van der Waals surface area contributed by atoms with Gasteiger partial charge in [0.1, 0.15) is 22.9 Å². The van der Waals surface area contributed by atoms with Gasteiger partial charge in [-0.3, -0.25) is 0 Å². The molecule has 1 spiro atoms. The van der Waals surface area contributed by atoms with Gasteiger partial charge in [-0.05, 0) is 61.2 Å². The molecule has 3 aromatic rings. The van der Waals surface area contributed by atoms with Crippen molar-refractivity contribution in [1.82, 2.24) is 14.5 Å². The second-order valence-corrected chi connectivity index (χ2v) is 8.47. The van der Waals surface area contributed by atoms with Gasteiger partial charge in [0.05, 0.1) is 24.8 Å². The van der Waals surface area contributed by atoms with Crippen LogP contribution in [0.15, 0.2) is 59.7 Å². The van der Waals surface area contributed by atoms with Crippen molar-refractivity contribution in [2.24, 2.45) is 5.16 Å². The van der Waals surface area contributed by atoms with E-state index in [1.165, 1.54) is 6.07 Å². The molecule has 1 fully saturated rings. The van der Waals surface area contributed by atoms with Gasteiger partial charge in [0.15, 0.2) is 12.4 Å². The van der Waals surface area contributed by atoms with Gasteiger partial charge < -0.3 is 23.8 Å². The molecule has 8 heteroatoms. The highest BCUT2D eigenvalue weighted by Crippen LogP contribution is 2.48. The lowest BCUT2D eigenvalue weighted by molar-refractivity contribution is -0.116. The lowest BCUT2D eigenvalue weighted by atomic mass is 9.95. The lowest BCUT2D eigenvalue weighted by Gasteiger charge is -2.36. The van der Waals surface area contributed by atoms with E-state index in [0.717, 1.165) is 53.5 Å². The monoisotopic (exact) mass is 446 g/mol. The van der Waals surface area contributed by atoms with Crippen LogP contribution in [0, 0.1) is 12.7 Å². The van der Waals surface area contributed by atoms with E-state index in [0.29, 0.717) is 11.3 Å². The third kappa shape index (κ3) is 3.01. The van der Waals surface area contributed by atoms with Crippen molar-refractivity contribution < 1.29 is 18.7 Å². The van der Waals surface area contributed by atoms with E-state index in [4.69, 9.17) is 14.3 Å². The molecule has 3 aliphatic heterocycles. The molecule has 2 aromatic carbocycles. The molecule has 4 heterocycles. The molecular weight excluding hydrogens is 423 g/mol. The highest BCUT2D eigenvalue weighted by atomic mass is 19.1. The molecule has 7 nitrogen and oxygen atoms in total. The largest absolute Gasteiger partial charge is 0.495 e. The van der Waals surface area contributed by atoms with Crippen molar-refractivity contribution in [2.45, 2.75) is 25.5 Å². The van der Waals surface area contributed by atoms with Crippen molar-refractivity contribution in [2.75, 3.05) is 20.3 Å². The third-order valence-corrected chi connectivity index (χ3v) is 6.41. The van der Waals surface area contributed by atoms with Crippen molar-refractivity contribution in [3.8, 4) is 17.2 Å².